The Morgan fingerprint density at radius 3 is 2.65 bits per heavy atom. The highest BCUT2D eigenvalue weighted by atomic mass is 32.1. The summed E-state index contributed by atoms with van der Waals surface area (Å²) in [6, 6.07) is 12.3. The second-order valence-corrected chi connectivity index (χ2v) is 8.80. The lowest BCUT2D eigenvalue weighted by atomic mass is 10.0. The van der Waals surface area contributed by atoms with Gasteiger partial charge in [0.15, 0.2) is 4.80 Å². The number of ether oxygens (including phenoxy) is 1. The third-order valence-corrected chi connectivity index (χ3v) is 6.27. The van der Waals surface area contributed by atoms with Crippen LogP contribution in [-0.2, 0) is 33.7 Å². The molecule has 1 amide bonds. The van der Waals surface area contributed by atoms with Gasteiger partial charge in [-0.15, -0.1) is 0 Å². The van der Waals surface area contributed by atoms with E-state index in [9.17, 15) is 9.59 Å². The number of hydrogen-bond donors (Lipinski definition) is 0. The van der Waals surface area contributed by atoms with Gasteiger partial charge in [0.2, 0.25) is 0 Å². The zero-order chi connectivity index (χ0) is 22.4. The summed E-state index contributed by atoms with van der Waals surface area (Å²) in [5.74, 6) is -0.551. The lowest BCUT2D eigenvalue weighted by Crippen LogP contribution is -2.23. The van der Waals surface area contributed by atoms with E-state index in [1.807, 2.05) is 38.1 Å². The van der Waals surface area contributed by atoms with Crippen molar-refractivity contribution in [3.63, 3.8) is 0 Å². The van der Waals surface area contributed by atoms with Crippen LogP contribution in [0.1, 0.15) is 48.9 Å². The molecule has 1 heterocycles. The minimum absolute atomic E-state index is 0.0394. The molecular formula is C25H30N2O3S. The Labute approximate surface area is 187 Å². The quantitative estimate of drug-likeness (QED) is 0.470. The van der Waals surface area contributed by atoms with Crippen LogP contribution in [0.15, 0.2) is 41.4 Å². The summed E-state index contributed by atoms with van der Waals surface area (Å²) in [5, 5.41) is 0. The fourth-order valence-electron chi connectivity index (χ4n) is 3.53. The van der Waals surface area contributed by atoms with E-state index < -0.39 is 0 Å². The molecule has 3 rings (SSSR count). The second kappa shape index (κ2) is 10.5. The molecule has 0 unspecified atom stereocenters. The van der Waals surface area contributed by atoms with Crippen LogP contribution in [0.5, 0.6) is 0 Å². The first-order valence-electron chi connectivity index (χ1n) is 10.8. The number of esters is 1. The number of aromatic nitrogens is 1. The second-order valence-electron chi connectivity index (χ2n) is 7.79. The molecule has 6 heteroatoms. The van der Waals surface area contributed by atoms with E-state index in [1.54, 1.807) is 11.5 Å². The van der Waals surface area contributed by atoms with Gasteiger partial charge in [0.25, 0.3) is 5.91 Å². The Balaban J connectivity index is 2.00. The molecule has 5 nitrogen and oxygen atoms in total. The fourth-order valence-corrected chi connectivity index (χ4v) is 4.64. The summed E-state index contributed by atoms with van der Waals surface area (Å²) in [6.45, 7) is 8.33. The van der Waals surface area contributed by atoms with Crippen LogP contribution in [-0.4, -0.2) is 23.1 Å². The van der Waals surface area contributed by atoms with Crippen molar-refractivity contribution >= 4 is 33.4 Å². The van der Waals surface area contributed by atoms with Crippen molar-refractivity contribution in [1.29, 1.82) is 0 Å². The number of unbranched alkanes of at least 4 members (excludes halogenated alkanes) is 1. The summed E-state index contributed by atoms with van der Waals surface area (Å²) in [4.78, 5) is 29.9. The van der Waals surface area contributed by atoms with Crippen molar-refractivity contribution in [2.24, 2.45) is 4.99 Å². The van der Waals surface area contributed by atoms with E-state index in [0.717, 1.165) is 46.2 Å². The molecular weight excluding hydrogens is 408 g/mol. The molecule has 31 heavy (non-hydrogen) atoms. The Morgan fingerprint density at radius 2 is 1.90 bits per heavy atom. The van der Waals surface area contributed by atoms with E-state index in [1.165, 1.54) is 16.9 Å². The third kappa shape index (κ3) is 5.91. The van der Waals surface area contributed by atoms with E-state index in [4.69, 9.17) is 4.74 Å². The molecule has 0 bridgehead atoms. The number of aryl methyl sites for hydroxylation is 3. The number of rotatable bonds is 8. The molecule has 0 fully saturated rings. The highest BCUT2D eigenvalue weighted by Gasteiger charge is 2.13. The standard InChI is InChI=1S/C25H30N2O3S/c1-5-7-8-19-11-12-21-22(14-19)31-25(27(21)16-24(29)30-6-2)26-23(28)15-20-13-17(3)9-10-18(20)4/h9-14H,5-8,15-16H2,1-4H3. The van der Waals surface area contributed by atoms with Crippen molar-refractivity contribution in [1.82, 2.24) is 4.57 Å². The van der Waals surface area contributed by atoms with Crippen LogP contribution < -0.4 is 4.80 Å². The zero-order valence-electron chi connectivity index (χ0n) is 18.7. The van der Waals surface area contributed by atoms with Crippen LogP contribution >= 0.6 is 11.3 Å². The molecule has 164 valence electrons. The Kier molecular flexibility index (Phi) is 7.80. The van der Waals surface area contributed by atoms with Crippen LogP contribution in [0.2, 0.25) is 0 Å². The molecule has 0 radical (unpaired) electrons. The summed E-state index contributed by atoms with van der Waals surface area (Å²) in [7, 11) is 0. The Morgan fingerprint density at radius 1 is 1.10 bits per heavy atom. The number of carbonyl (C=O) groups excluding carboxylic acids is 2. The van der Waals surface area contributed by atoms with Gasteiger partial charge in [-0.25, -0.2) is 0 Å². The summed E-state index contributed by atoms with van der Waals surface area (Å²) in [6.07, 6.45) is 3.52. The van der Waals surface area contributed by atoms with E-state index in [2.05, 4.69) is 24.0 Å². The first-order chi connectivity index (χ1) is 14.9. The summed E-state index contributed by atoms with van der Waals surface area (Å²) >= 11 is 1.45. The maximum absolute atomic E-state index is 12.8. The molecule has 3 aromatic rings. The van der Waals surface area contributed by atoms with Crippen LogP contribution in [0, 0.1) is 13.8 Å². The predicted octanol–water partition coefficient (Wildman–Crippen LogP) is 4.90. The summed E-state index contributed by atoms with van der Waals surface area (Å²) in [5.41, 5.74) is 5.33. The average molecular weight is 439 g/mol. The first kappa shape index (κ1) is 22.9. The van der Waals surface area contributed by atoms with Gasteiger partial charge in [0, 0.05) is 0 Å². The lowest BCUT2D eigenvalue weighted by molar-refractivity contribution is -0.143. The number of amides is 1. The van der Waals surface area contributed by atoms with Gasteiger partial charge in [-0.2, -0.15) is 4.99 Å². The van der Waals surface area contributed by atoms with Gasteiger partial charge in [-0.1, -0.05) is 54.5 Å². The molecule has 0 aliphatic rings. The van der Waals surface area contributed by atoms with Gasteiger partial charge in [-0.3, -0.25) is 9.59 Å². The fraction of sp³-hybridized carbons (Fsp3) is 0.400. The van der Waals surface area contributed by atoms with Crippen LogP contribution in [0.25, 0.3) is 10.2 Å². The van der Waals surface area contributed by atoms with Crippen molar-refractivity contribution < 1.29 is 14.3 Å². The third-order valence-electron chi connectivity index (χ3n) is 5.23. The average Bonchev–Trinajstić information content (AvgIpc) is 3.05. The monoisotopic (exact) mass is 438 g/mol. The van der Waals surface area contributed by atoms with Crippen molar-refractivity contribution in [3.05, 3.63) is 63.5 Å². The number of fused-ring (bicyclic) bond motifs is 1. The predicted molar refractivity (Wildman–Crippen MR) is 125 cm³/mol. The molecule has 2 aromatic carbocycles. The minimum atomic E-state index is -0.333. The maximum atomic E-state index is 12.8. The van der Waals surface area contributed by atoms with E-state index >= 15 is 0 Å². The van der Waals surface area contributed by atoms with Crippen molar-refractivity contribution in [2.45, 2.75) is 59.9 Å². The van der Waals surface area contributed by atoms with Gasteiger partial charge in [0.05, 0.1) is 23.2 Å². The summed E-state index contributed by atoms with van der Waals surface area (Å²) < 4.78 is 7.96. The molecule has 0 aliphatic heterocycles. The number of nitrogens with zero attached hydrogens (tertiary/aromatic N) is 2. The van der Waals surface area contributed by atoms with Crippen LogP contribution in [0.3, 0.4) is 0 Å². The topological polar surface area (TPSA) is 60.7 Å². The maximum Gasteiger partial charge on any atom is 0.326 e. The zero-order valence-corrected chi connectivity index (χ0v) is 19.6. The SMILES string of the molecule is CCCCc1ccc2c(c1)sc(=NC(=O)Cc1cc(C)ccc1C)n2CC(=O)OCC. The normalized spacial score (nSPS) is 11.8. The molecule has 0 saturated carbocycles. The van der Waals surface area contributed by atoms with Gasteiger partial charge in [-0.05, 0) is 62.4 Å². The Hall–Kier alpha value is -2.73. The molecule has 0 spiro atoms. The molecule has 1 aromatic heterocycles. The highest BCUT2D eigenvalue weighted by Crippen LogP contribution is 2.21. The number of benzene rings is 2. The molecule has 0 N–H and O–H groups in total. The number of carbonyl (C=O) groups is 2. The van der Waals surface area contributed by atoms with Crippen molar-refractivity contribution in [2.75, 3.05) is 6.61 Å². The van der Waals surface area contributed by atoms with E-state index in [0.29, 0.717) is 11.4 Å². The first-order valence-corrected chi connectivity index (χ1v) is 11.6. The minimum Gasteiger partial charge on any atom is -0.465 e. The van der Waals surface area contributed by atoms with Gasteiger partial charge >= 0.3 is 5.97 Å². The van der Waals surface area contributed by atoms with Gasteiger partial charge < -0.3 is 9.30 Å². The lowest BCUT2D eigenvalue weighted by Gasteiger charge is -2.06. The van der Waals surface area contributed by atoms with E-state index in [-0.39, 0.29) is 24.8 Å². The number of hydrogen-bond acceptors (Lipinski definition) is 4. The molecule has 0 saturated heterocycles. The number of thiazole rings is 1. The van der Waals surface area contributed by atoms with Crippen molar-refractivity contribution in [3.8, 4) is 0 Å². The largest absolute Gasteiger partial charge is 0.465 e. The molecule has 0 atom stereocenters. The molecule has 0 aliphatic carbocycles. The van der Waals surface area contributed by atoms with Gasteiger partial charge in [0.1, 0.15) is 6.54 Å². The van der Waals surface area contributed by atoms with Crippen LogP contribution in [0.4, 0.5) is 0 Å². The highest BCUT2D eigenvalue weighted by molar-refractivity contribution is 7.16. The Bertz CT molecular complexity index is 1160. The smallest absolute Gasteiger partial charge is 0.326 e.